The molecular weight excluding hydrogens is 266 g/mol. The molecule has 5 heteroatoms. The maximum atomic E-state index is 11.8. The van der Waals surface area contributed by atoms with Gasteiger partial charge in [-0.3, -0.25) is 9.69 Å². The molecule has 0 spiro atoms. The maximum absolute atomic E-state index is 11.8. The van der Waals surface area contributed by atoms with Crippen LogP contribution in [0.2, 0.25) is 0 Å². The molecule has 2 rings (SSSR count). The van der Waals surface area contributed by atoms with Gasteiger partial charge in [0.05, 0.1) is 12.5 Å². The summed E-state index contributed by atoms with van der Waals surface area (Å²) >= 11 is 0. The summed E-state index contributed by atoms with van der Waals surface area (Å²) in [5.74, 6) is 1.10. The van der Waals surface area contributed by atoms with Crippen LogP contribution in [0.1, 0.15) is 25.3 Å². The Bertz CT molecular complexity index is 490. The molecule has 116 valence electrons. The highest BCUT2D eigenvalue weighted by Crippen LogP contribution is 2.25. The number of hydrogen-bond donors (Lipinski definition) is 2. The van der Waals surface area contributed by atoms with Crippen molar-refractivity contribution in [1.82, 2.24) is 10.2 Å². The smallest absolute Gasteiger partial charge is 0.224 e. The van der Waals surface area contributed by atoms with Crippen LogP contribution in [0, 0.1) is 5.92 Å². The summed E-state index contributed by atoms with van der Waals surface area (Å²) in [4.78, 5) is 14.1. The predicted octanol–water partition coefficient (Wildman–Crippen LogP) is 1.63. The van der Waals surface area contributed by atoms with Gasteiger partial charge in [-0.15, -0.1) is 0 Å². The molecule has 3 N–H and O–H groups in total. The van der Waals surface area contributed by atoms with E-state index < -0.39 is 0 Å². The zero-order valence-electron chi connectivity index (χ0n) is 12.9. The first-order valence-corrected chi connectivity index (χ1v) is 7.59. The van der Waals surface area contributed by atoms with Crippen LogP contribution >= 0.6 is 0 Å². The number of carbonyl (C=O) groups excluding carboxylic acids is 1. The van der Waals surface area contributed by atoms with Crippen LogP contribution in [0.15, 0.2) is 18.2 Å². The van der Waals surface area contributed by atoms with Crippen LogP contribution in [0.4, 0.5) is 5.69 Å². The third-order valence-electron chi connectivity index (χ3n) is 3.90. The largest absolute Gasteiger partial charge is 0.494 e. The van der Waals surface area contributed by atoms with Crippen molar-refractivity contribution in [3.63, 3.8) is 0 Å². The number of carbonyl (C=O) groups is 1. The molecule has 1 heterocycles. The number of anilines is 1. The van der Waals surface area contributed by atoms with E-state index in [0.29, 0.717) is 6.61 Å². The van der Waals surface area contributed by atoms with E-state index in [4.69, 9.17) is 10.5 Å². The summed E-state index contributed by atoms with van der Waals surface area (Å²) in [6, 6.07) is 5.75. The van der Waals surface area contributed by atoms with Gasteiger partial charge in [-0.1, -0.05) is 0 Å². The summed E-state index contributed by atoms with van der Waals surface area (Å²) in [5.41, 5.74) is 7.72. The van der Waals surface area contributed by atoms with E-state index in [-0.39, 0.29) is 11.8 Å². The van der Waals surface area contributed by atoms with Gasteiger partial charge in [-0.2, -0.15) is 0 Å². The third kappa shape index (κ3) is 4.11. The van der Waals surface area contributed by atoms with Gasteiger partial charge in [0.1, 0.15) is 5.75 Å². The lowest BCUT2D eigenvalue weighted by atomic mass is 9.96. The van der Waals surface area contributed by atoms with Crippen LogP contribution in [-0.2, 0) is 11.3 Å². The number of benzene rings is 1. The average Bonchev–Trinajstić information content (AvgIpc) is 2.49. The van der Waals surface area contributed by atoms with Gasteiger partial charge in [0.25, 0.3) is 0 Å². The number of likely N-dealkylation sites (tertiary alicyclic amines) is 1. The van der Waals surface area contributed by atoms with Gasteiger partial charge in [-0.25, -0.2) is 0 Å². The number of piperidine rings is 1. The van der Waals surface area contributed by atoms with E-state index in [1.165, 1.54) is 0 Å². The van der Waals surface area contributed by atoms with Gasteiger partial charge in [0.2, 0.25) is 5.91 Å². The van der Waals surface area contributed by atoms with Crippen LogP contribution in [0.25, 0.3) is 0 Å². The summed E-state index contributed by atoms with van der Waals surface area (Å²) in [6.07, 6.45) is 2.01. The summed E-state index contributed by atoms with van der Waals surface area (Å²) in [6.45, 7) is 5.18. The minimum atomic E-state index is 0.0837. The van der Waals surface area contributed by atoms with Crippen LogP contribution in [0.3, 0.4) is 0 Å². The minimum Gasteiger partial charge on any atom is -0.494 e. The summed E-state index contributed by atoms with van der Waals surface area (Å²) in [5, 5.41) is 2.75. The number of nitrogens with two attached hydrogens (primary N) is 1. The highest BCUT2D eigenvalue weighted by molar-refractivity contribution is 5.78. The Labute approximate surface area is 126 Å². The number of nitrogens with zero attached hydrogens (tertiary/aromatic N) is 1. The molecule has 0 aliphatic carbocycles. The lowest BCUT2D eigenvalue weighted by Gasteiger charge is -2.32. The summed E-state index contributed by atoms with van der Waals surface area (Å²) in [7, 11) is 1.70. The number of ether oxygens (including phenoxy) is 1. The molecule has 0 bridgehead atoms. The molecule has 1 amide bonds. The van der Waals surface area contributed by atoms with E-state index >= 15 is 0 Å². The number of amides is 1. The minimum absolute atomic E-state index is 0.0837. The molecule has 1 saturated heterocycles. The first-order chi connectivity index (χ1) is 10.1. The Balaban J connectivity index is 2.06. The number of hydrogen-bond acceptors (Lipinski definition) is 4. The van der Waals surface area contributed by atoms with Crippen molar-refractivity contribution < 1.29 is 9.53 Å². The molecule has 1 aromatic rings. The van der Waals surface area contributed by atoms with Crippen molar-refractivity contribution in [2.24, 2.45) is 5.92 Å². The highest BCUT2D eigenvalue weighted by Gasteiger charge is 2.25. The average molecular weight is 291 g/mol. The molecule has 0 aromatic heterocycles. The second-order valence-electron chi connectivity index (χ2n) is 5.49. The van der Waals surface area contributed by atoms with Crippen molar-refractivity contribution in [1.29, 1.82) is 0 Å². The maximum Gasteiger partial charge on any atom is 0.224 e. The Morgan fingerprint density at radius 3 is 3.05 bits per heavy atom. The van der Waals surface area contributed by atoms with Crippen molar-refractivity contribution in [3.8, 4) is 5.75 Å². The van der Waals surface area contributed by atoms with Gasteiger partial charge in [-0.05, 0) is 44.5 Å². The lowest BCUT2D eigenvalue weighted by molar-refractivity contribution is -0.126. The first kappa shape index (κ1) is 15.6. The topological polar surface area (TPSA) is 67.6 Å². The molecular formula is C16H25N3O2. The van der Waals surface area contributed by atoms with E-state index in [0.717, 1.165) is 49.5 Å². The van der Waals surface area contributed by atoms with Crippen LogP contribution < -0.4 is 15.8 Å². The zero-order chi connectivity index (χ0) is 15.2. The number of nitrogen functional groups attached to an aromatic ring is 1. The van der Waals surface area contributed by atoms with E-state index in [2.05, 4.69) is 10.2 Å². The normalized spacial score (nSPS) is 19.2. The standard InChI is InChI=1S/C16H25N3O2/c1-3-21-15-7-6-14(17)9-13(15)11-19-8-4-5-12(10-19)16(20)18-2/h6-7,9,12H,3-5,8,10-11,17H2,1-2H3,(H,18,20). The SMILES string of the molecule is CCOc1ccc(N)cc1CN1CCCC(C(=O)NC)C1. The quantitative estimate of drug-likeness (QED) is 0.809. The Morgan fingerprint density at radius 2 is 2.33 bits per heavy atom. The Hall–Kier alpha value is -1.75. The lowest BCUT2D eigenvalue weighted by Crippen LogP contribution is -2.41. The molecule has 0 saturated carbocycles. The second kappa shape index (κ2) is 7.31. The Kier molecular flexibility index (Phi) is 5.44. The molecule has 1 unspecified atom stereocenters. The molecule has 1 aliphatic heterocycles. The first-order valence-electron chi connectivity index (χ1n) is 7.59. The second-order valence-corrected chi connectivity index (χ2v) is 5.49. The fourth-order valence-electron chi connectivity index (χ4n) is 2.88. The number of rotatable bonds is 5. The fourth-order valence-corrected chi connectivity index (χ4v) is 2.88. The van der Waals surface area contributed by atoms with Crippen molar-refractivity contribution in [3.05, 3.63) is 23.8 Å². The molecule has 1 aliphatic rings. The van der Waals surface area contributed by atoms with Gasteiger partial charge >= 0.3 is 0 Å². The fraction of sp³-hybridized carbons (Fsp3) is 0.562. The zero-order valence-corrected chi connectivity index (χ0v) is 12.9. The number of nitrogens with one attached hydrogen (secondary N) is 1. The molecule has 21 heavy (non-hydrogen) atoms. The van der Waals surface area contributed by atoms with Crippen molar-refractivity contribution in [2.45, 2.75) is 26.3 Å². The third-order valence-corrected chi connectivity index (χ3v) is 3.90. The molecule has 5 nitrogen and oxygen atoms in total. The van der Waals surface area contributed by atoms with Crippen LogP contribution in [0.5, 0.6) is 5.75 Å². The monoisotopic (exact) mass is 291 g/mol. The molecule has 1 atom stereocenters. The summed E-state index contributed by atoms with van der Waals surface area (Å²) < 4.78 is 5.67. The van der Waals surface area contributed by atoms with Gasteiger partial charge < -0.3 is 15.8 Å². The van der Waals surface area contributed by atoms with Gasteiger partial charge in [0.15, 0.2) is 0 Å². The van der Waals surface area contributed by atoms with E-state index in [1.54, 1.807) is 7.05 Å². The van der Waals surface area contributed by atoms with Crippen molar-refractivity contribution >= 4 is 11.6 Å². The van der Waals surface area contributed by atoms with Crippen LogP contribution in [-0.4, -0.2) is 37.6 Å². The predicted molar refractivity (Wildman–Crippen MR) is 84.1 cm³/mol. The van der Waals surface area contributed by atoms with Crippen molar-refractivity contribution in [2.75, 3.05) is 32.5 Å². The van der Waals surface area contributed by atoms with Gasteiger partial charge in [0, 0.05) is 31.4 Å². The molecule has 1 aromatic carbocycles. The highest BCUT2D eigenvalue weighted by atomic mass is 16.5. The van der Waals surface area contributed by atoms with E-state index in [9.17, 15) is 4.79 Å². The molecule has 0 radical (unpaired) electrons. The Morgan fingerprint density at radius 1 is 1.52 bits per heavy atom. The van der Waals surface area contributed by atoms with E-state index in [1.807, 2.05) is 25.1 Å². The molecule has 1 fully saturated rings.